The number of hydrogen-bond acceptors (Lipinski definition) is 5. The predicted octanol–water partition coefficient (Wildman–Crippen LogP) is 4.56. The van der Waals surface area contributed by atoms with E-state index in [1.165, 1.54) is 12.7 Å². The number of hydrogen-bond donors (Lipinski definition) is 3. The van der Waals surface area contributed by atoms with E-state index in [1.54, 1.807) is 6.07 Å². The maximum Gasteiger partial charge on any atom is 0.411 e. The number of nitrogens with two attached hydrogens (primary N) is 1. The van der Waals surface area contributed by atoms with Gasteiger partial charge in [-0.1, -0.05) is 19.4 Å². The van der Waals surface area contributed by atoms with Gasteiger partial charge in [-0.15, -0.1) is 0 Å². The normalized spacial score (nSPS) is 20.9. The second-order valence-electron chi connectivity index (χ2n) is 8.53. The highest BCUT2D eigenvalue weighted by Crippen LogP contribution is 2.38. The molecule has 2 aliphatic rings. The first-order chi connectivity index (χ1) is 15.0. The molecule has 31 heavy (non-hydrogen) atoms. The number of carbonyl (C=O) groups excluding carboxylic acids is 2. The van der Waals surface area contributed by atoms with Crippen LogP contribution in [0.2, 0.25) is 0 Å². The third-order valence-electron chi connectivity index (χ3n) is 6.30. The highest BCUT2D eigenvalue weighted by molar-refractivity contribution is 5.99. The highest BCUT2D eigenvalue weighted by Gasteiger charge is 2.24. The quantitative estimate of drug-likeness (QED) is 0.624. The van der Waals surface area contributed by atoms with Crippen LogP contribution < -0.4 is 16.4 Å². The fourth-order valence-electron chi connectivity index (χ4n) is 4.46. The number of aryl methyl sites for hydroxylation is 1. The van der Waals surface area contributed by atoms with Crippen molar-refractivity contribution >= 4 is 23.4 Å². The monoisotopic (exact) mass is 422 g/mol. The average Bonchev–Trinajstić information content (AvgIpc) is 2.77. The molecule has 0 saturated carbocycles. The molecule has 1 aromatic carbocycles. The number of carbonyl (C=O) groups is 2. The van der Waals surface area contributed by atoms with Gasteiger partial charge in [0.1, 0.15) is 0 Å². The predicted molar refractivity (Wildman–Crippen MR) is 121 cm³/mol. The second-order valence-corrected chi connectivity index (χ2v) is 8.53. The zero-order chi connectivity index (χ0) is 22.0. The van der Waals surface area contributed by atoms with Crippen LogP contribution in [0, 0.1) is 5.92 Å². The van der Waals surface area contributed by atoms with E-state index in [1.807, 2.05) is 19.1 Å². The topological polar surface area (TPSA) is 106 Å². The maximum atomic E-state index is 12.9. The minimum absolute atomic E-state index is 0.0336. The number of aromatic nitrogens is 1. The summed E-state index contributed by atoms with van der Waals surface area (Å²) in [6.07, 6.45) is 6.02. The Morgan fingerprint density at radius 3 is 2.77 bits per heavy atom. The lowest BCUT2D eigenvalue weighted by Gasteiger charge is -2.25. The lowest BCUT2D eigenvalue weighted by Crippen LogP contribution is -2.23. The molecule has 164 valence electrons. The number of nitrogens with zero attached hydrogens (tertiary/aromatic N) is 1. The third kappa shape index (κ3) is 4.56. The average molecular weight is 423 g/mol. The molecular weight excluding hydrogens is 392 g/mol. The van der Waals surface area contributed by atoms with Gasteiger partial charge in [-0.2, -0.15) is 0 Å². The molecule has 1 aromatic heterocycles. The molecule has 0 fully saturated rings. The number of anilines is 2. The zero-order valence-corrected chi connectivity index (χ0v) is 18.2. The van der Waals surface area contributed by atoms with Gasteiger partial charge in [-0.05, 0) is 67.9 Å². The van der Waals surface area contributed by atoms with E-state index in [-0.39, 0.29) is 17.9 Å². The molecule has 4 rings (SSSR count). The van der Waals surface area contributed by atoms with Crippen molar-refractivity contribution in [3.63, 3.8) is 0 Å². The highest BCUT2D eigenvalue weighted by atomic mass is 16.5. The molecule has 2 bridgehead atoms. The van der Waals surface area contributed by atoms with Crippen molar-refractivity contribution in [2.75, 3.05) is 17.7 Å². The first kappa shape index (κ1) is 21.3. The number of fused-ring (bicyclic) bond motifs is 6. The molecule has 2 aromatic rings. The molecule has 0 saturated heterocycles. The van der Waals surface area contributed by atoms with Crippen LogP contribution in [0.25, 0.3) is 11.1 Å². The molecule has 4 N–H and O–H groups in total. The van der Waals surface area contributed by atoms with Crippen LogP contribution in [0.3, 0.4) is 0 Å². The Bertz CT molecular complexity index is 1000. The Morgan fingerprint density at radius 1 is 1.16 bits per heavy atom. The number of benzene rings is 1. The summed E-state index contributed by atoms with van der Waals surface area (Å²) in [6, 6.07) is 7.50. The summed E-state index contributed by atoms with van der Waals surface area (Å²) >= 11 is 0. The zero-order valence-electron chi connectivity index (χ0n) is 18.2. The van der Waals surface area contributed by atoms with Gasteiger partial charge in [0.25, 0.3) is 0 Å². The van der Waals surface area contributed by atoms with E-state index in [0.717, 1.165) is 67.5 Å². The van der Waals surface area contributed by atoms with Gasteiger partial charge in [0.2, 0.25) is 5.91 Å². The van der Waals surface area contributed by atoms with Crippen LogP contribution in [0.15, 0.2) is 24.3 Å². The Kier molecular flexibility index (Phi) is 6.23. The summed E-state index contributed by atoms with van der Waals surface area (Å²) in [7, 11) is 1.32. The van der Waals surface area contributed by atoms with Crippen molar-refractivity contribution in [2.24, 2.45) is 11.7 Å². The van der Waals surface area contributed by atoms with E-state index in [0.29, 0.717) is 11.4 Å². The van der Waals surface area contributed by atoms with Crippen LogP contribution in [0.5, 0.6) is 0 Å². The number of methoxy groups -OCH3 is 1. The number of ether oxygens (including phenoxy) is 1. The van der Waals surface area contributed by atoms with E-state index < -0.39 is 6.09 Å². The smallest absolute Gasteiger partial charge is 0.411 e. The van der Waals surface area contributed by atoms with Crippen molar-refractivity contribution in [2.45, 2.75) is 57.9 Å². The molecule has 0 spiro atoms. The van der Waals surface area contributed by atoms with Crippen molar-refractivity contribution in [3.8, 4) is 11.1 Å². The fourth-order valence-corrected chi connectivity index (χ4v) is 4.46. The summed E-state index contributed by atoms with van der Waals surface area (Å²) in [5.41, 5.74) is 13.0. The summed E-state index contributed by atoms with van der Waals surface area (Å²) in [6.45, 7) is 1.93. The van der Waals surface area contributed by atoms with Crippen LogP contribution in [0.1, 0.15) is 62.0 Å². The molecular formula is C24H30N4O3. The van der Waals surface area contributed by atoms with E-state index in [4.69, 9.17) is 15.5 Å². The minimum Gasteiger partial charge on any atom is -0.453 e. The largest absolute Gasteiger partial charge is 0.453 e. The van der Waals surface area contributed by atoms with Crippen LogP contribution in [-0.2, 0) is 22.4 Å². The van der Waals surface area contributed by atoms with Gasteiger partial charge in [-0.3, -0.25) is 15.1 Å². The Hall–Kier alpha value is -2.93. The molecule has 1 aliphatic carbocycles. The molecule has 2 amide bonds. The maximum absolute atomic E-state index is 12.9. The third-order valence-corrected chi connectivity index (χ3v) is 6.30. The molecule has 2 heterocycles. The molecule has 0 unspecified atom stereocenters. The molecule has 0 radical (unpaired) electrons. The Balaban J connectivity index is 1.88. The van der Waals surface area contributed by atoms with Crippen LogP contribution in [0.4, 0.5) is 16.2 Å². The molecule has 1 aliphatic heterocycles. The lowest BCUT2D eigenvalue weighted by molar-refractivity contribution is -0.119. The van der Waals surface area contributed by atoms with E-state index in [2.05, 4.69) is 16.7 Å². The molecule has 2 atom stereocenters. The van der Waals surface area contributed by atoms with Gasteiger partial charge in [0, 0.05) is 28.9 Å². The van der Waals surface area contributed by atoms with Gasteiger partial charge >= 0.3 is 6.09 Å². The van der Waals surface area contributed by atoms with E-state index in [9.17, 15) is 9.59 Å². The summed E-state index contributed by atoms with van der Waals surface area (Å²) in [5, 5.41) is 5.79. The first-order valence-electron chi connectivity index (χ1n) is 11.0. The number of amides is 2. The summed E-state index contributed by atoms with van der Waals surface area (Å²) < 4.78 is 4.71. The molecule has 7 nitrogen and oxygen atoms in total. The number of nitrogens with one attached hydrogen (secondary N) is 2. The fraction of sp³-hybridized carbons (Fsp3) is 0.458. The van der Waals surface area contributed by atoms with Gasteiger partial charge < -0.3 is 15.8 Å². The lowest BCUT2D eigenvalue weighted by atomic mass is 9.86. The van der Waals surface area contributed by atoms with Crippen LogP contribution in [-0.4, -0.2) is 24.1 Å². The summed E-state index contributed by atoms with van der Waals surface area (Å²) in [4.78, 5) is 29.6. The Morgan fingerprint density at radius 2 is 1.97 bits per heavy atom. The van der Waals surface area contributed by atoms with E-state index >= 15 is 0 Å². The first-order valence-corrected chi connectivity index (χ1v) is 11.0. The standard InChI is InChI=1S/C24H30N4O3/c1-14-6-5-8-19(25)22-13-18(16-7-3-4-9-20(16)27-22)17-11-10-15(26-24(30)31-2)12-21(17)28-23(14)29/h10-14,19H,3-9,25H2,1-2H3,(H,26,30)(H,28,29)/t14-,19+/m1/s1. The van der Waals surface area contributed by atoms with Gasteiger partial charge in [0.15, 0.2) is 0 Å². The van der Waals surface area contributed by atoms with Crippen molar-refractivity contribution < 1.29 is 14.3 Å². The van der Waals surface area contributed by atoms with Crippen molar-refractivity contribution in [1.82, 2.24) is 4.98 Å². The van der Waals surface area contributed by atoms with Crippen molar-refractivity contribution in [1.29, 1.82) is 0 Å². The Labute approximate surface area is 182 Å². The van der Waals surface area contributed by atoms with Crippen LogP contribution >= 0.6 is 0 Å². The summed E-state index contributed by atoms with van der Waals surface area (Å²) in [5.74, 6) is -0.175. The van der Waals surface area contributed by atoms with Gasteiger partial charge in [0.05, 0.1) is 18.5 Å². The number of pyridine rings is 1. The minimum atomic E-state index is -0.553. The number of rotatable bonds is 1. The SMILES string of the molecule is COC(=O)Nc1ccc2c(c1)NC(=O)[C@H](C)CCC[C@H](N)c1cc-2c2c(n1)CCCC2. The van der Waals surface area contributed by atoms with Crippen molar-refractivity contribution in [3.05, 3.63) is 41.2 Å². The van der Waals surface area contributed by atoms with Gasteiger partial charge in [-0.25, -0.2) is 4.79 Å². The molecule has 7 heteroatoms. The second kappa shape index (κ2) is 9.06.